The number of benzene rings is 1. The van der Waals surface area contributed by atoms with E-state index >= 15 is 0 Å². The fourth-order valence-corrected chi connectivity index (χ4v) is 3.66. The van der Waals surface area contributed by atoms with Crippen molar-refractivity contribution >= 4 is 11.8 Å². The Labute approximate surface area is 169 Å². The van der Waals surface area contributed by atoms with Crippen LogP contribution in [0, 0.1) is 12.7 Å². The third-order valence-corrected chi connectivity index (χ3v) is 5.76. The summed E-state index contributed by atoms with van der Waals surface area (Å²) in [5.74, 6) is -0.304. The molecule has 2 fully saturated rings. The van der Waals surface area contributed by atoms with Crippen LogP contribution in [0.5, 0.6) is 0 Å². The van der Waals surface area contributed by atoms with Gasteiger partial charge >= 0.3 is 0 Å². The average molecular weight is 399 g/mol. The first-order valence-electron chi connectivity index (χ1n) is 10.1. The van der Waals surface area contributed by atoms with Crippen LogP contribution in [0.15, 0.2) is 30.5 Å². The van der Waals surface area contributed by atoms with Gasteiger partial charge in [-0.3, -0.25) is 14.5 Å². The van der Waals surface area contributed by atoms with Crippen molar-refractivity contribution in [3.8, 4) is 5.69 Å². The van der Waals surface area contributed by atoms with Crippen molar-refractivity contribution in [1.82, 2.24) is 24.9 Å². The van der Waals surface area contributed by atoms with E-state index in [1.165, 1.54) is 12.1 Å². The molecule has 1 unspecified atom stereocenters. The molecule has 2 heterocycles. The Morgan fingerprint density at radius 2 is 1.79 bits per heavy atom. The second kappa shape index (κ2) is 7.94. The van der Waals surface area contributed by atoms with Crippen LogP contribution in [0.3, 0.4) is 0 Å². The standard InChI is InChI=1S/C21H26FN5O2/c1-14-19(13-23-27(14)18-7-3-16(22)4-8-18)21(29)26-11-9-25(10-12-26)15(2)20(28)24-17-5-6-17/h3-4,7-8,13,15,17H,5-6,9-12H2,1-2H3,(H,24,28). The van der Waals surface area contributed by atoms with Crippen molar-refractivity contribution in [3.05, 3.63) is 47.5 Å². The number of hydrogen-bond acceptors (Lipinski definition) is 4. The van der Waals surface area contributed by atoms with E-state index in [0.717, 1.165) is 18.5 Å². The molecule has 1 aliphatic heterocycles. The van der Waals surface area contributed by atoms with Gasteiger partial charge in [0, 0.05) is 32.2 Å². The fourth-order valence-electron chi connectivity index (χ4n) is 3.66. The molecule has 4 rings (SSSR count). The van der Waals surface area contributed by atoms with Gasteiger partial charge in [0.25, 0.3) is 5.91 Å². The zero-order chi connectivity index (χ0) is 20.5. The zero-order valence-electron chi connectivity index (χ0n) is 16.8. The second-order valence-corrected chi connectivity index (χ2v) is 7.82. The predicted octanol–water partition coefficient (Wildman–Crippen LogP) is 1.74. The Morgan fingerprint density at radius 1 is 1.14 bits per heavy atom. The number of aromatic nitrogens is 2. The van der Waals surface area contributed by atoms with E-state index < -0.39 is 0 Å². The van der Waals surface area contributed by atoms with Crippen molar-refractivity contribution in [1.29, 1.82) is 0 Å². The maximum atomic E-state index is 13.2. The molecule has 1 aromatic heterocycles. The highest BCUT2D eigenvalue weighted by Crippen LogP contribution is 2.20. The molecule has 154 valence electrons. The first kappa shape index (κ1) is 19.6. The predicted molar refractivity (Wildman–Crippen MR) is 106 cm³/mol. The fraction of sp³-hybridized carbons (Fsp3) is 0.476. The number of carbonyl (C=O) groups is 2. The number of nitrogens with one attached hydrogen (secondary N) is 1. The molecule has 7 nitrogen and oxygen atoms in total. The van der Waals surface area contributed by atoms with Crippen LogP contribution in [0.25, 0.3) is 5.69 Å². The minimum Gasteiger partial charge on any atom is -0.352 e. The van der Waals surface area contributed by atoms with Gasteiger partial charge in [-0.15, -0.1) is 0 Å². The van der Waals surface area contributed by atoms with E-state index in [2.05, 4.69) is 15.3 Å². The van der Waals surface area contributed by atoms with E-state index in [1.54, 1.807) is 27.9 Å². The highest BCUT2D eigenvalue weighted by molar-refractivity contribution is 5.95. The quantitative estimate of drug-likeness (QED) is 0.832. The van der Waals surface area contributed by atoms with Gasteiger partial charge in [-0.2, -0.15) is 5.10 Å². The highest BCUT2D eigenvalue weighted by atomic mass is 19.1. The molecular weight excluding hydrogens is 373 g/mol. The van der Waals surface area contributed by atoms with Gasteiger partial charge in [-0.1, -0.05) is 0 Å². The third-order valence-electron chi connectivity index (χ3n) is 5.76. The number of piperazine rings is 1. The lowest BCUT2D eigenvalue weighted by molar-refractivity contribution is -0.126. The van der Waals surface area contributed by atoms with Crippen LogP contribution in [-0.4, -0.2) is 69.7 Å². The Hall–Kier alpha value is -2.74. The van der Waals surface area contributed by atoms with Gasteiger partial charge in [-0.05, 0) is 51.0 Å². The summed E-state index contributed by atoms with van der Waals surface area (Å²) in [5, 5.41) is 7.36. The van der Waals surface area contributed by atoms with Crippen molar-refractivity contribution in [3.63, 3.8) is 0 Å². The van der Waals surface area contributed by atoms with Crippen LogP contribution in [0.4, 0.5) is 4.39 Å². The largest absolute Gasteiger partial charge is 0.352 e. The van der Waals surface area contributed by atoms with Crippen LogP contribution in [0.2, 0.25) is 0 Å². The Balaban J connectivity index is 1.38. The van der Waals surface area contributed by atoms with Crippen molar-refractivity contribution in [2.45, 2.75) is 38.8 Å². The summed E-state index contributed by atoms with van der Waals surface area (Å²) >= 11 is 0. The Morgan fingerprint density at radius 3 is 2.41 bits per heavy atom. The molecule has 2 aliphatic rings. The molecule has 1 saturated heterocycles. The first-order valence-corrected chi connectivity index (χ1v) is 10.1. The molecule has 1 atom stereocenters. The molecular formula is C21H26FN5O2. The van der Waals surface area contributed by atoms with Crippen LogP contribution < -0.4 is 5.32 Å². The Kier molecular flexibility index (Phi) is 5.36. The first-order chi connectivity index (χ1) is 13.9. The third kappa shape index (κ3) is 4.17. The van der Waals surface area contributed by atoms with Gasteiger partial charge < -0.3 is 10.2 Å². The normalized spacial score (nSPS) is 18.5. The van der Waals surface area contributed by atoms with Gasteiger partial charge in [0.05, 0.1) is 29.2 Å². The van der Waals surface area contributed by atoms with Crippen LogP contribution >= 0.6 is 0 Å². The molecule has 0 radical (unpaired) electrons. The molecule has 8 heteroatoms. The van der Waals surface area contributed by atoms with Crippen LogP contribution in [-0.2, 0) is 4.79 Å². The van der Waals surface area contributed by atoms with Gasteiger partial charge in [0.1, 0.15) is 5.82 Å². The SMILES string of the molecule is Cc1c(C(=O)N2CCN(C(C)C(=O)NC3CC3)CC2)cnn1-c1ccc(F)cc1. The summed E-state index contributed by atoms with van der Waals surface area (Å²) in [7, 11) is 0. The van der Waals surface area contributed by atoms with E-state index in [1.807, 2.05) is 13.8 Å². The number of hydrogen-bond donors (Lipinski definition) is 1. The lowest BCUT2D eigenvalue weighted by atomic mass is 10.1. The Bertz CT molecular complexity index is 898. The van der Waals surface area contributed by atoms with E-state index in [4.69, 9.17) is 0 Å². The maximum Gasteiger partial charge on any atom is 0.257 e. The van der Waals surface area contributed by atoms with Crippen molar-refractivity contribution in [2.24, 2.45) is 0 Å². The number of nitrogens with zero attached hydrogens (tertiary/aromatic N) is 4. The molecule has 0 spiro atoms. The maximum absolute atomic E-state index is 13.2. The van der Waals surface area contributed by atoms with Crippen LogP contribution in [0.1, 0.15) is 35.8 Å². The lowest BCUT2D eigenvalue weighted by Crippen LogP contribution is -2.55. The van der Waals surface area contributed by atoms with Crippen molar-refractivity contribution < 1.29 is 14.0 Å². The molecule has 2 amide bonds. The average Bonchev–Trinajstić information content (AvgIpc) is 3.47. The topological polar surface area (TPSA) is 70.5 Å². The molecule has 1 N–H and O–H groups in total. The summed E-state index contributed by atoms with van der Waals surface area (Å²) in [4.78, 5) is 29.2. The summed E-state index contributed by atoms with van der Waals surface area (Å²) < 4.78 is 14.8. The molecule has 0 bridgehead atoms. The minimum absolute atomic E-state index is 0.0643. The molecule has 1 aliphatic carbocycles. The number of carbonyl (C=O) groups excluding carboxylic acids is 2. The second-order valence-electron chi connectivity index (χ2n) is 7.82. The van der Waals surface area contributed by atoms with Gasteiger partial charge in [0.2, 0.25) is 5.91 Å². The summed E-state index contributed by atoms with van der Waals surface area (Å²) in [5.41, 5.74) is 1.98. The molecule has 2 aromatic rings. The molecule has 1 saturated carbocycles. The van der Waals surface area contributed by atoms with Crippen molar-refractivity contribution in [2.75, 3.05) is 26.2 Å². The summed E-state index contributed by atoms with van der Waals surface area (Å²) in [6, 6.07) is 6.19. The zero-order valence-corrected chi connectivity index (χ0v) is 16.8. The van der Waals surface area contributed by atoms with E-state index in [9.17, 15) is 14.0 Å². The lowest BCUT2D eigenvalue weighted by Gasteiger charge is -2.37. The van der Waals surface area contributed by atoms with E-state index in [0.29, 0.717) is 43.5 Å². The van der Waals surface area contributed by atoms with Gasteiger partial charge in [0.15, 0.2) is 0 Å². The molecule has 29 heavy (non-hydrogen) atoms. The number of halogens is 1. The monoisotopic (exact) mass is 399 g/mol. The molecule has 1 aromatic carbocycles. The smallest absolute Gasteiger partial charge is 0.257 e. The minimum atomic E-state index is -0.312. The van der Waals surface area contributed by atoms with E-state index in [-0.39, 0.29) is 23.7 Å². The highest BCUT2D eigenvalue weighted by Gasteiger charge is 2.31. The number of amides is 2. The summed E-state index contributed by atoms with van der Waals surface area (Å²) in [6.07, 6.45) is 3.72. The number of rotatable bonds is 5. The summed E-state index contributed by atoms with van der Waals surface area (Å²) in [6.45, 7) is 6.23. The van der Waals surface area contributed by atoms with Gasteiger partial charge in [-0.25, -0.2) is 9.07 Å².